The predicted molar refractivity (Wildman–Crippen MR) is 67.8 cm³/mol. The van der Waals surface area contributed by atoms with Gasteiger partial charge in [-0.25, -0.2) is 0 Å². The van der Waals surface area contributed by atoms with Crippen LogP contribution >= 0.6 is 11.6 Å². The van der Waals surface area contributed by atoms with Crippen molar-refractivity contribution in [3.63, 3.8) is 0 Å². The van der Waals surface area contributed by atoms with Gasteiger partial charge in [0, 0.05) is 28.2 Å². The first-order chi connectivity index (χ1) is 7.76. The maximum atomic E-state index is 11.7. The highest BCUT2D eigenvalue weighted by atomic mass is 35.5. The van der Waals surface area contributed by atoms with E-state index < -0.39 is 10.8 Å². The Morgan fingerprint density at radius 3 is 2.88 bits per heavy atom. The summed E-state index contributed by atoms with van der Waals surface area (Å²) in [6.45, 7) is 0. The van der Waals surface area contributed by atoms with E-state index in [2.05, 4.69) is 6.07 Å². The van der Waals surface area contributed by atoms with Gasteiger partial charge in [-0.1, -0.05) is 12.1 Å². The number of nitriles is 1. The summed E-state index contributed by atoms with van der Waals surface area (Å²) in [5.41, 5.74) is 1.58. The van der Waals surface area contributed by atoms with Gasteiger partial charge in [-0.3, -0.25) is 4.21 Å². The number of benzene rings is 1. The van der Waals surface area contributed by atoms with Crippen molar-refractivity contribution in [2.45, 2.75) is 18.6 Å². The zero-order valence-corrected chi connectivity index (χ0v) is 10.6. The van der Waals surface area contributed by atoms with E-state index in [9.17, 15) is 4.21 Å². The molecule has 1 rings (SSSR count). The monoisotopic (exact) mass is 255 g/mol. The summed E-state index contributed by atoms with van der Waals surface area (Å²) in [4.78, 5) is 0. The molecule has 2 nitrogen and oxygen atoms in total. The number of halogens is 1. The van der Waals surface area contributed by atoms with Crippen LogP contribution in [-0.4, -0.2) is 15.8 Å². The molecule has 0 N–H and O–H groups in total. The van der Waals surface area contributed by atoms with Gasteiger partial charge in [0.1, 0.15) is 0 Å². The summed E-state index contributed by atoms with van der Waals surface area (Å²) >= 11 is 5.55. The molecule has 4 heteroatoms. The molecule has 1 unspecified atom stereocenters. The lowest BCUT2D eigenvalue weighted by Crippen LogP contribution is -2.01. The Labute approximate surface area is 104 Å². The smallest absolute Gasteiger partial charge is 0.0991 e. The molecule has 86 valence electrons. The largest absolute Gasteiger partial charge is 0.259 e. The highest BCUT2D eigenvalue weighted by Gasteiger charge is 2.02. The number of rotatable bonds is 6. The van der Waals surface area contributed by atoms with Gasteiger partial charge in [-0.15, -0.1) is 11.6 Å². The van der Waals surface area contributed by atoms with Crippen LogP contribution in [0.15, 0.2) is 24.3 Å². The Kier molecular flexibility index (Phi) is 6.14. The normalized spacial score (nSPS) is 12.0. The van der Waals surface area contributed by atoms with Crippen molar-refractivity contribution >= 4 is 22.4 Å². The molecule has 1 aromatic carbocycles. The molecule has 0 aliphatic carbocycles. The fourth-order valence-corrected chi connectivity index (χ4v) is 2.76. The molecule has 0 aromatic heterocycles. The average molecular weight is 256 g/mol. The number of nitrogens with zero attached hydrogens (tertiary/aromatic N) is 1. The van der Waals surface area contributed by atoms with Gasteiger partial charge < -0.3 is 0 Å². The maximum Gasteiger partial charge on any atom is 0.0991 e. The van der Waals surface area contributed by atoms with Crippen LogP contribution in [0.2, 0.25) is 0 Å². The summed E-state index contributed by atoms with van der Waals surface area (Å²) in [5.74, 6) is 1.84. The minimum atomic E-state index is -0.851. The first kappa shape index (κ1) is 13.2. The molecule has 0 radical (unpaired) electrons. The summed E-state index contributed by atoms with van der Waals surface area (Å²) in [5, 5.41) is 8.73. The van der Waals surface area contributed by atoms with Crippen molar-refractivity contribution in [2.24, 2.45) is 0 Å². The van der Waals surface area contributed by atoms with Crippen molar-refractivity contribution in [1.82, 2.24) is 0 Å². The zero-order chi connectivity index (χ0) is 11.8. The van der Waals surface area contributed by atoms with Crippen LogP contribution in [0.1, 0.15) is 24.0 Å². The molecule has 0 saturated heterocycles. The Morgan fingerprint density at radius 1 is 1.38 bits per heavy atom. The van der Waals surface area contributed by atoms with E-state index >= 15 is 0 Å². The highest BCUT2D eigenvalue weighted by Crippen LogP contribution is 2.08. The lowest BCUT2D eigenvalue weighted by atomic mass is 10.2. The van der Waals surface area contributed by atoms with Gasteiger partial charge in [0.05, 0.1) is 11.6 Å². The third kappa shape index (κ3) is 4.78. The molecule has 0 saturated carbocycles. The van der Waals surface area contributed by atoms with Gasteiger partial charge in [0.15, 0.2) is 0 Å². The van der Waals surface area contributed by atoms with E-state index in [4.69, 9.17) is 16.9 Å². The van der Waals surface area contributed by atoms with Gasteiger partial charge in [-0.2, -0.15) is 5.26 Å². The standard InChI is InChI=1S/C12H14ClNOS/c13-6-1-2-7-16(15)10-12-5-3-4-11(8-12)9-14/h3-5,8H,1-2,6-7,10H2. The lowest BCUT2D eigenvalue weighted by molar-refractivity contribution is 0.679. The first-order valence-corrected chi connectivity index (χ1v) is 7.18. The van der Waals surface area contributed by atoms with Crippen LogP contribution < -0.4 is 0 Å². The SMILES string of the molecule is N#Cc1cccc(CS(=O)CCCCCl)c1. The van der Waals surface area contributed by atoms with Gasteiger partial charge in [0.25, 0.3) is 0 Å². The molecular weight excluding hydrogens is 242 g/mol. The maximum absolute atomic E-state index is 11.7. The Morgan fingerprint density at radius 2 is 2.19 bits per heavy atom. The van der Waals surface area contributed by atoms with Gasteiger partial charge >= 0.3 is 0 Å². The lowest BCUT2D eigenvalue weighted by Gasteiger charge is -2.02. The van der Waals surface area contributed by atoms with Crippen LogP contribution in [0.25, 0.3) is 0 Å². The first-order valence-electron chi connectivity index (χ1n) is 5.16. The average Bonchev–Trinajstić information content (AvgIpc) is 2.29. The number of unbranched alkanes of at least 4 members (excludes halogenated alkanes) is 1. The van der Waals surface area contributed by atoms with Crippen LogP contribution in [0, 0.1) is 11.3 Å². The summed E-state index contributed by atoms with van der Waals surface area (Å²) in [7, 11) is -0.851. The molecule has 0 heterocycles. The van der Waals surface area contributed by atoms with Gasteiger partial charge in [0.2, 0.25) is 0 Å². The third-order valence-electron chi connectivity index (χ3n) is 2.14. The van der Waals surface area contributed by atoms with Crippen LogP contribution in [0.4, 0.5) is 0 Å². The molecule has 0 aliphatic heterocycles. The molecule has 1 aromatic rings. The van der Waals surface area contributed by atoms with E-state index in [1.807, 2.05) is 12.1 Å². The van der Waals surface area contributed by atoms with E-state index in [1.54, 1.807) is 12.1 Å². The van der Waals surface area contributed by atoms with Crippen LogP contribution in [-0.2, 0) is 16.6 Å². The predicted octanol–water partition coefficient (Wildman–Crippen LogP) is 2.83. The molecule has 0 amide bonds. The second-order valence-electron chi connectivity index (χ2n) is 3.50. The minimum absolute atomic E-state index is 0.526. The van der Waals surface area contributed by atoms with Crippen molar-refractivity contribution in [3.05, 3.63) is 35.4 Å². The minimum Gasteiger partial charge on any atom is -0.259 e. The van der Waals surface area contributed by atoms with Crippen molar-refractivity contribution in [1.29, 1.82) is 5.26 Å². The number of alkyl halides is 1. The Balaban J connectivity index is 2.47. The summed E-state index contributed by atoms with van der Waals surface area (Å²) in [6.07, 6.45) is 1.81. The Hall–Kier alpha value is -0.850. The Bertz CT molecular complexity index is 400. The zero-order valence-electron chi connectivity index (χ0n) is 8.99. The van der Waals surface area contributed by atoms with E-state index in [-0.39, 0.29) is 0 Å². The van der Waals surface area contributed by atoms with Crippen molar-refractivity contribution < 1.29 is 4.21 Å². The second-order valence-corrected chi connectivity index (χ2v) is 5.45. The van der Waals surface area contributed by atoms with E-state index in [0.29, 0.717) is 22.9 Å². The molecule has 16 heavy (non-hydrogen) atoms. The third-order valence-corrected chi connectivity index (χ3v) is 3.81. The van der Waals surface area contributed by atoms with E-state index in [1.165, 1.54) is 0 Å². The van der Waals surface area contributed by atoms with Crippen LogP contribution in [0.5, 0.6) is 0 Å². The van der Waals surface area contributed by atoms with Crippen molar-refractivity contribution in [3.8, 4) is 6.07 Å². The molecule has 0 fully saturated rings. The van der Waals surface area contributed by atoms with Crippen molar-refractivity contribution in [2.75, 3.05) is 11.6 Å². The number of hydrogen-bond acceptors (Lipinski definition) is 2. The molecule has 0 spiro atoms. The topological polar surface area (TPSA) is 40.9 Å². The fourth-order valence-electron chi connectivity index (χ4n) is 1.35. The molecular formula is C12H14ClNOS. The summed E-state index contributed by atoms with van der Waals surface area (Å²) < 4.78 is 11.7. The molecule has 0 aliphatic rings. The fraction of sp³-hybridized carbons (Fsp3) is 0.417. The van der Waals surface area contributed by atoms with E-state index in [0.717, 1.165) is 18.4 Å². The summed E-state index contributed by atoms with van der Waals surface area (Å²) in [6, 6.07) is 9.34. The van der Waals surface area contributed by atoms with Gasteiger partial charge in [-0.05, 0) is 30.5 Å². The number of hydrogen-bond donors (Lipinski definition) is 0. The molecule has 0 bridgehead atoms. The van der Waals surface area contributed by atoms with Crippen LogP contribution in [0.3, 0.4) is 0 Å². The highest BCUT2D eigenvalue weighted by molar-refractivity contribution is 7.84. The quantitative estimate of drug-likeness (QED) is 0.579. The second kappa shape index (κ2) is 7.43. The molecule has 1 atom stereocenters.